The second-order valence-electron chi connectivity index (χ2n) is 4.72. The quantitative estimate of drug-likeness (QED) is 0.453. The van der Waals surface area contributed by atoms with Crippen molar-refractivity contribution < 1.29 is 27.1 Å². The maximum Gasteiger partial charge on any atom is 0.156 e. The van der Waals surface area contributed by atoms with Crippen LogP contribution in [0.1, 0.15) is 19.3 Å². The molecule has 0 unspecified atom stereocenters. The highest BCUT2D eigenvalue weighted by atomic mass is 32.3. The van der Waals surface area contributed by atoms with E-state index in [9.17, 15) is 5.11 Å². The largest absolute Gasteiger partial charge is 0.395 e. The minimum Gasteiger partial charge on any atom is -0.395 e. The van der Waals surface area contributed by atoms with E-state index in [0.29, 0.717) is 12.3 Å². The Balaban J connectivity index is 4.13. The molecule has 0 fully saturated rings. The Kier molecular flexibility index (Phi) is 13.5. The van der Waals surface area contributed by atoms with Crippen LogP contribution in [0.25, 0.3) is 0 Å². The predicted octanol–water partition coefficient (Wildman–Crippen LogP) is 1.56. The van der Waals surface area contributed by atoms with Gasteiger partial charge in [0.05, 0.1) is 38.8 Å². The van der Waals surface area contributed by atoms with E-state index in [1.165, 1.54) is 0 Å². The molecule has 1 N–H and O–H groups in total. The number of ether oxygens (including phenoxy) is 2. The van der Waals surface area contributed by atoms with E-state index in [1.54, 1.807) is 35.5 Å². The third-order valence-corrected chi connectivity index (χ3v) is 5.80. The minimum absolute atomic E-state index is 0.148. The van der Waals surface area contributed by atoms with Gasteiger partial charge in [-0.1, -0.05) is 0 Å². The molecule has 0 amide bonds. The molecule has 0 aromatic carbocycles. The zero-order valence-electron chi connectivity index (χ0n) is 14.6. The molecule has 0 aliphatic rings. The highest BCUT2D eigenvalue weighted by Gasteiger charge is 2.22. The van der Waals surface area contributed by atoms with E-state index in [4.69, 9.17) is 22.0 Å². The van der Waals surface area contributed by atoms with E-state index >= 15 is 0 Å². The van der Waals surface area contributed by atoms with Gasteiger partial charge in [-0.2, -0.15) is 0 Å². The van der Waals surface area contributed by atoms with Gasteiger partial charge in [0.1, 0.15) is 0 Å². The summed E-state index contributed by atoms with van der Waals surface area (Å²) in [5, 5.41) is 9.18. The Morgan fingerprint density at radius 2 is 1.41 bits per heavy atom. The van der Waals surface area contributed by atoms with Crippen LogP contribution in [0.2, 0.25) is 0 Å². The molecule has 0 rings (SSSR count). The van der Waals surface area contributed by atoms with Crippen LogP contribution in [0.4, 0.5) is 0 Å². The second kappa shape index (κ2) is 13.5. The van der Waals surface area contributed by atoms with Crippen LogP contribution in [0.3, 0.4) is 0 Å². The minimum atomic E-state index is -1.89. The van der Waals surface area contributed by atoms with Crippen LogP contribution in [0, 0.1) is 0 Å². The fourth-order valence-electron chi connectivity index (χ4n) is 2.21. The number of hydrogen-bond donors (Lipinski definition) is 1. The number of hydrogen-bond acceptors (Lipinski definition) is 7. The smallest absolute Gasteiger partial charge is 0.156 e. The lowest BCUT2D eigenvalue weighted by Crippen LogP contribution is -2.31. The summed E-state index contributed by atoms with van der Waals surface area (Å²) in [5.74, 6) is 0.706. The van der Waals surface area contributed by atoms with Gasteiger partial charge in [0.15, 0.2) is 6.29 Å². The summed E-state index contributed by atoms with van der Waals surface area (Å²) in [6, 6.07) is 0. The molecule has 8 heteroatoms. The predicted molar refractivity (Wildman–Crippen MR) is 88.7 cm³/mol. The van der Waals surface area contributed by atoms with Crippen molar-refractivity contribution in [1.29, 1.82) is 0 Å². The number of aliphatic hydroxyl groups excluding tert-OH is 1. The highest BCUT2D eigenvalue weighted by molar-refractivity contribution is 8.21. The molecule has 0 spiro atoms. The van der Waals surface area contributed by atoms with Gasteiger partial charge in [-0.05, 0) is 32.4 Å². The average molecular weight is 343 g/mol. The van der Waals surface area contributed by atoms with Crippen LogP contribution in [-0.2, 0) is 22.0 Å². The number of nitrogens with zero attached hydrogens (tertiary/aromatic N) is 1. The fraction of sp³-hybridized carbons (Fsp3) is 1.00. The molecular weight excluding hydrogens is 310 g/mol. The molecule has 0 radical (unpaired) electrons. The van der Waals surface area contributed by atoms with Gasteiger partial charge in [-0.3, -0.25) is 12.5 Å². The maximum absolute atomic E-state index is 9.18. The van der Waals surface area contributed by atoms with Crippen molar-refractivity contribution >= 4 is 10.9 Å². The van der Waals surface area contributed by atoms with Crippen LogP contribution in [-0.4, -0.2) is 83.8 Å². The van der Waals surface area contributed by atoms with E-state index in [0.717, 1.165) is 32.4 Å². The SMILES string of the molecule is COC(CCCN(CCO)CCCS(OC)(OC)OC)OC. The molecule has 0 aliphatic heterocycles. The number of rotatable bonds is 15. The maximum atomic E-state index is 9.18. The summed E-state index contributed by atoms with van der Waals surface area (Å²) in [7, 11) is 6.19. The third kappa shape index (κ3) is 8.64. The molecule has 0 saturated heterocycles. The van der Waals surface area contributed by atoms with Crippen molar-refractivity contribution in [3.05, 3.63) is 0 Å². The first-order chi connectivity index (χ1) is 10.6. The summed E-state index contributed by atoms with van der Waals surface area (Å²) < 4.78 is 26.4. The summed E-state index contributed by atoms with van der Waals surface area (Å²) >= 11 is 0. The molecule has 0 bridgehead atoms. The van der Waals surface area contributed by atoms with Crippen molar-refractivity contribution in [2.75, 3.05) is 67.5 Å². The highest BCUT2D eigenvalue weighted by Crippen LogP contribution is 2.49. The van der Waals surface area contributed by atoms with Crippen molar-refractivity contribution in [2.45, 2.75) is 25.6 Å². The summed E-state index contributed by atoms with van der Waals surface area (Å²) in [5.41, 5.74) is 0. The topological polar surface area (TPSA) is 69.6 Å². The Morgan fingerprint density at radius 1 is 0.864 bits per heavy atom. The first-order valence-electron chi connectivity index (χ1n) is 7.47. The van der Waals surface area contributed by atoms with Gasteiger partial charge in [0.25, 0.3) is 0 Å². The van der Waals surface area contributed by atoms with Crippen LogP contribution < -0.4 is 0 Å². The first-order valence-corrected chi connectivity index (χ1v) is 9.05. The van der Waals surface area contributed by atoms with E-state index < -0.39 is 10.9 Å². The lowest BCUT2D eigenvalue weighted by atomic mass is 10.2. The molecule has 7 nitrogen and oxygen atoms in total. The second-order valence-corrected chi connectivity index (χ2v) is 7.25. The summed E-state index contributed by atoms with van der Waals surface area (Å²) in [4.78, 5) is 2.22. The zero-order chi connectivity index (χ0) is 16.8. The van der Waals surface area contributed by atoms with Crippen molar-refractivity contribution in [1.82, 2.24) is 4.90 Å². The van der Waals surface area contributed by atoms with Gasteiger partial charge in [-0.25, -0.2) is 0 Å². The summed E-state index contributed by atoms with van der Waals surface area (Å²) in [6.07, 6.45) is 2.49. The Hall–Kier alpha value is 0.0700. The lowest BCUT2D eigenvalue weighted by molar-refractivity contribution is -0.107. The van der Waals surface area contributed by atoms with Gasteiger partial charge in [-0.15, -0.1) is 0 Å². The molecule has 0 aliphatic carbocycles. The monoisotopic (exact) mass is 343 g/mol. The van der Waals surface area contributed by atoms with Crippen molar-refractivity contribution in [2.24, 2.45) is 0 Å². The first kappa shape index (κ1) is 22.1. The van der Waals surface area contributed by atoms with Gasteiger partial charge >= 0.3 is 0 Å². The van der Waals surface area contributed by atoms with Crippen molar-refractivity contribution in [3.63, 3.8) is 0 Å². The fourth-order valence-corrected chi connectivity index (χ4v) is 3.60. The molecule has 0 saturated carbocycles. The van der Waals surface area contributed by atoms with Gasteiger partial charge < -0.3 is 19.5 Å². The van der Waals surface area contributed by atoms with Crippen LogP contribution in [0.5, 0.6) is 0 Å². The number of aliphatic hydroxyl groups is 1. The molecule has 0 aromatic heterocycles. The molecular formula is C14H33NO6S. The van der Waals surface area contributed by atoms with Gasteiger partial charge in [0, 0.05) is 26.5 Å². The van der Waals surface area contributed by atoms with E-state index in [1.807, 2.05) is 0 Å². The third-order valence-electron chi connectivity index (χ3n) is 3.49. The Labute approximate surface area is 136 Å². The standard InChI is InChI=1S/C14H33NO6S/c1-17-14(18-2)8-6-9-15(11-12-16)10-7-13-22(19-3,20-4)21-5/h14,16H,6-13H2,1-5H3. The Bertz CT molecular complexity index is 243. The van der Waals surface area contributed by atoms with E-state index in [-0.39, 0.29) is 12.9 Å². The lowest BCUT2D eigenvalue weighted by Gasteiger charge is -2.34. The number of methoxy groups -OCH3 is 2. The van der Waals surface area contributed by atoms with Crippen LogP contribution >= 0.6 is 10.9 Å². The average Bonchev–Trinajstić information content (AvgIpc) is 2.56. The van der Waals surface area contributed by atoms with E-state index in [2.05, 4.69) is 4.90 Å². The Morgan fingerprint density at radius 3 is 1.86 bits per heavy atom. The molecule has 136 valence electrons. The summed E-state index contributed by atoms with van der Waals surface area (Å²) in [6.45, 7) is 2.55. The van der Waals surface area contributed by atoms with Crippen LogP contribution in [0.15, 0.2) is 0 Å². The molecule has 0 heterocycles. The molecule has 22 heavy (non-hydrogen) atoms. The van der Waals surface area contributed by atoms with Gasteiger partial charge in [0.2, 0.25) is 0 Å². The zero-order valence-corrected chi connectivity index (χ0v) is 15.4. The normalized spacial score (nSPS) is 13.3. The van der Waals surface area contributed by atoms with Crippen molar-refractivity contribution in [3.8, 4) is 0 Å². The molecule has 0 aromatic rings. The molecule has 0 atom stereocenters.